The number of carbonyl (C=O) groups excluding carboxylic acids is 1. The van der Waals surface area contributed by atoms with Crippen LogP contribution in [0, 0.1) is 11.8 Å². The summed E-state index contributed by atoms with van der Waals surface area (Å²) in [5.74, 6) is 0.770. The number of anilines is 2. The van der Waals surface area contributed by atoms with Gasteiger partial charge in [-0.05, 0) is 61.4 Å². The fraction of sp³-hybridized carbons (Fsp3) is 0.536. The van der Waals surface area contributed by atoms with Crippen LogP contribution in [-0.2, 0) is 16.1 Å². The first-order chi connectivity index (χ1) is 17.1. The van der Waals surface area contributed by atoms with Gasteiger partial charge in [-0.1, -0.05) is 45.2 Å². The van der Waals surface area contributed by atoms with Gasteiger partial charge < -0.3 is 20.1 Å². The zero-order valence-corrected chi connectivity index (χ0v) is 21.0. The van der Waals surface area contributed by atoms with E-state index in [1.165, 1.54) is 6.42 Å². The van der Waals surface area contributed by atoms with Gasteiger partial charge in [0.05, 0.1) is 24.1 Å². The lowest BCUT2D eigenvalue weighted by Crippen LogP contribution is -2.35. The lowest BCUT2D eigenvalue weighted by Gasteiger charge is -2.32. The number of hydrogen-bond donors (Lipinski definition) is 2. The lowest BCUT2D eigenvalue weighted by molar-refractivity contribution is -0.120. The molecular formula is C28H39N3O4. The average molecular weight is 482 g/mol. The van der Waals surface area contributed by atoms with Crippen LogP contribution in [0.4, 0.5) is 11.5 Å². The Labute approximate surface area is 208 Å². The molecule has 0 bridgehead atoms. The summed E-state index contributed by atoms with van der Waals surface area (Å²) >= 11 is 0. The zero-order valence-electron chi connectivity index (χ0n) is 21.0. The van der Waals surface area contributed by atoms with Crippen LogP contribution in [0.5, 0.6) is 0 Å². The van der Waals surface area contributed by atoms with E-state index in [0.717, 1.165) is 68.7 Å². The molecule has 2 N–H and O–H groups in total. The Morgan fingerprint density at radius 1 is 1.06 bits per heavy atom. The van der Waals surface area contributed by atoms with Gasteiger partial charge in [0.25, 0.3) is 0 Å². The Bertz CT molecular complexity index is 933. The van der Waals surface area contributed by atoms with Crippen molar-refractivity contribution < 1.29 is 19.4 Å². The minimum absolute atomic E-state index is 0.125. The first-order valence-electron chi connectivity index (χ1n) is 13.0. The summed E-state index contributed by atoms with van der Waals surface area (Å²) in [6.45, 7) is 6.94. The van der Waals surface area contributed by atoms with Crippen LogP contribution in [0.15, 0.2) is 42.6 Å². The Morgan fingerprint density at radius 2 is 1.80 bits per heavy atom. The molecule has 0 spiro atoms. The minimum Gasteiger partial charge on any atom is -0.478 e. The second-order valence-electron chi connectivity index (χ2n) is 9.18. The van der Waals surface area contributed by atoms with E-state index in [4.69, 9.17) is 9.84 Å². The first kappa shape index (κ1) is 26.7. The smallest absolute Gasteiger partial charge is 0.335 e. The zero-order chi connectivity index (χ0) is 25.0. The highest BCUT2D eigenvalue weighted by Crippen LogP contribution is 2.26. The number of pyridine rings is 1. The largest absolute Gasteiger partial charge is 0.478 e. The monoisotopic (exact) mass is 481 g/mol. The topological polar surface area (TPSA) is 91.8 Å². The molecule has 7 nitrogen and oxygen atoms in total. The number of ether oxygens (including phenoxy) is 1. The van der Waals surface area contributed by atoms with E-state index in [1.54, 1.807) is 24.4 Å². The van der Waals surface area contributed by atoms with Gasteiger partial charge in [0, 0.05) is 25.6 Å². The molecule has 0 atom stereocenters. The van der Waals surface area contributed by atoms with Gasteiger partial charge in [-0.15, -0.1) is 0 Å². The average Bonchev–Trinajstić information content (AvgIpc) is 2.91. The third kappa shape index (κ3) is 8.06. The van der Waals surface area contributed by atoms with E-state index in [-0.39, 0.29) is 17.4 Å². The number of carbonyl (C=O) groups is 2. The summed E-state index contributed by atoms with van der Waals surface area (Å²) in [5, 5.41) is 12.1. The number of nitrogens with one attached hydrogen (secondary N) is 1. The number of amides is 1. The number of benzene rings is 1. The van der Waals surface area contributed by atoms with E-state index < -0.39 is 5.97 Å². The molecule has 1 aromatic heterocycles. The Balaban J connectivity index is 0.00000167. The van der Waals surface area contributed by atoms with Crippen molar-refractivity contribution in [2.45, 2.75) is 65.4 Å². The number of aromatic nitrogens is 1. The van der Waals surface area contributed by atoms with Crippen LogP contribution in [0.25, 0.3) is 0 Å². The molecule has 7 heteroatoms. The number of carboxylic acid groups (broad SMARTS) is 1. The molecule has 1 aromatic carbocycles. The molecule has 1 amide bonds. The summed E-state index contributed by atoms with van der Waals surface area (Å²) in [5.41, 5.74) is 1.94. The van der Waals surface area contributed by atoms with Crippen LogP contribution in [0.3, 0.4) is 0 Å². The third-order valence-corrected chi connectivity index (χ3v) is 6.73. The molecule has 2 heterocycles. The molecule has 190 valence electrons. The summed E-state index contributed by atoms with van der Waals surface area (Å²) in [6.07, 6.45) is 9.33. The Hall–Kier alpha value is -2.93. The third-order valence-electron chi connectivity index (χ3n) is 6.73. The maximum absolute atomic E-state index is 12.4. The summed E-state index contributed by atoms with van der Waals surface area (Å²) in [7, 11) is 0. The van der Waals surface area contributed by atoms with Crippen LogP contribution < -0.4 is 10.2 Å². The van der Waals surface area contributed by atoms with Crippen molar-refractivity contribution in [2.75, 3.05) is 29.9 Å². The van der Waals surface area contributed by atoms with E-state index in [0.29, 0.717) is 19.1 Å². The maximum Gasteiger partial charge on any atom is 0.335 e. The number of piperidine rings is 1. The van der Waals surface area contributed by atoms with Crippen molar-refractivity contribution in [2.24, 2.45) is 11.8 Å². The molecule has 2 aliphatic rings. The van der Waals surface area contributed by atoms with Gasteiger partial charge in [0.15, 0.2) is 0 Å². The minimum atomic E-state index is -0.919. The predicted molar refractivity (Wildman–Crippen MR) is 139 cm³/mol. The molecule has 2 fully saturated rings. The van der Waals surface area contributed by atoms with Gasteiger partial charge in [-0.25, -0.2) is 9.78 Å². The van der Waals surface area contributed by atoms with Crippen molar-refractivity contribution in [3.63, 3.8) is 0 Å². The van der Waals surface area contributed by atoms with Crippen molar-refractivity contribution in [3.8, 4) is 0 Å². The highest BCUT2D eigenvalue weighted by molar-refractivity contribution is 5.92. The molecule has 35 heavy (non-hydrogen) atoms. The second kappa shape index (κ2) is 13.8. The van der Waals surface area contributed by atoms with Crippen molar-refractivity contribution >= 4 is 23.4 Å². The van der Waals surface area contributed by atoms with Crippen molar-refractivity contribution in [3.05, 3.63) is 53.7 Å². The Kier molecular flexibility index (Phi) is 10.5. The SMILES string of the molecule is CC.O=C(O)c1cccc(COCC2CCN(c3ccc(NC(=O)C4CCCCC4)cn3)CC2)c1. The predicted octanol–water partition coefficient (Wildman–Crippen LogP) is 5.76. The molecule has 2 aromatic rings. The summed E-state index contributed by atoms with van der Waals surface area (Å²) in [6, 6.07) is 10.8. The van der Waals surface area contributed by atoms with E-state index in [9.17, 15) is 9.59 Å². The molecule has 1 aliphatic heterocycles. The second-order valence-corrected chi connectivity index (χ2v) is 9.18. The van der Waals surface area contributed by atoms with Gasteiger partial charge in [0.1, 0.15) is 5.82 Å². The van der Waals surface area contributed by atoms with Crippen LogP contribution in [-0.4, -0.2) is 41.7 Å². The van der Waals surface area contributed by atoms with Gasteiger partial charge in [-0.2, -0.15) is 0 Å². The normalized spacial score (nSPS) is 16.8. The quantitative estimate of drug-likeness (QED) is 0.498. The van der Waals surface area contributed by atoms with Crippen LogP contribution in [0.1, 0.15) is 74.7 Å². The first-order valence-corrected chi connectivity index (χ1v) is 13.0. The highest BCUT2D eigenvalue weighted by Gasteiger charge is 2.22. The van der Waals surface area contributed by atoms with Crippen molar-refractivity contribution in [1.29, 1.82) is 0 Å². The molecule has 1 saturated heterocycles. The van der Waals surface area contributed by atoms with Gasteiger partial charge >= 0.3 is 5.97 Å². The van der Waals surface area contributed by atoms with Gasteiger partial charge in [-0.3, -0.25) is 4.79 Å². The standard InChI is InChI=1S/C26H33N3O4.C2H6/c30-25(21-6-2-1-3-7-21)28-23-9-10-24(27-16-23)29-13-11-19(12-14-29)17-33-18-20-5-4-8-22(15-20)26(31)32;1-2/h4-5,8-10,15-16,19,21H,1-3,6-7,11-14,17-18H2,(H,28,30)(H,31,32);1-2H3. The van der Waals surface area contributed by atoms with Crippen LogP contribution in [0.2, 0.25) is 0 Å². The van der Waals surface area contributed by atoms with Gasteiger partial charge in [0.2, 0.25) is 5.91 Å². The molecule has 4 rings (SSSR count). The number of rotatable bonds is 8. The lowest BCUT2D eigenvalue weighted by atomic mass is 9.88. The number of aromatic carboxylic acids is 1. The van der Waals surface area contributed by atoms with E-state index in [1.807, 2.05) is 32.0 Å². The molecule has 0 radical (unpaired) electrons. The van der Waals surface area contributed by atoms with Crippen LogP contribution >= 0.6 is 0 Å². The number of carboxylic acids is 1. The summed E-state index contributed by atoms with van der Waals surface area (Å²) in [4.78, 5) is 30.4. The summed E-state index contributed by atoms with van der Waals surface area (Å²) < 4.78 is 5.87. The van der Waals surface area contributed by atoms with E-state index >= 15 is 0 Å². The molecule has 1 aliphatic carbocycles. The fourth-order valence-electron chi connectivity index (χ4n) is 4.72. The molecule has 1 saturated carbocycles. The van der Waals surface area contributed by atoms with E-state index in [2.05, 4.69) is 15.2 Å². The Morgan fingerprint density at radius 3 is 2.46 bits per heavy atom. The maximum atomic E-state index is 12.4. The highest BCUT2D eigenvalue weighted by atomic mass is 16.5. The van der Waals surface area contributed by atoms with Crippen molar-refractivity contribution in [1.82, 2.24) is 4.98 Å². The molecular weight excluding hydrogens is 442 g/mol. The number of hydrogen-bond acceptors (Lipinski definition) is 5. The fourth-order valence-corrected chi connectivity index (χ4v) is 4.72. The number of nitrogens with zero attached hydrogens (tertiary/aromatic N) is 2. The molecule has 0 unspecified atom stereocenters.